The number of alkyl halides is 1. The van der Waals surface area contributed by atoms with E-state index >= 15 is 0 Å². The van der Waals surface area contributed by atoms with E-state index in [2.05, 4.69) is 54.4 Å². The Morgan fingerprint density at radius 3 is 2.73 bits per heavy atom. The number of rotatable bonds is 5. The third-order valence-electron chi connectivity index (χ3n) is 11.7. The van der Waals surface area contributed by atoms with E-state index in [1.807, 2.05) is 25.3 Å². The average molecular weight is 570 g/mol. The normalized spacial score (nSPS) is 40.4. The molecule has 0 aromatic carbocycles. The fraction of sp³-hybridized carbons (Fsp3) is 0.677. The van der Waals surface area contributed by atoms with Gasteiger partial charge in [-0.25, -0.2) is 0 Å². The summed E-state index contributed by atoms with van der Waals surface area (Å²) in [6.07, 6.45) is 9.50. The van der Waals surface area contributed by atoms with Gasteiger partial charge in [0.25, 0.3) is 0 Å². The Kier molecular flexibility index (Phi) is 6.00. The zero-order valence-electron chi connectivity index (χ0n) is 22.9. The first-order valence-corrected chi connectivity index (χ1v) is 15.3. The van der Waals surface area contributed by atoms with Crippen molar-refractivity contribution in [1.29, 1.82) is 0 Å². The van der Waals surface area contributed by atoms with Gasteiger partial charge in [0.05, 0.1) is 29.9 Å². The van der Waals surface area contributed by atoms with Gasteiger partial charge in [-0.15, -0.1) is 0 Å². The zero-order valence-corrected chi connectivity index (χ0v) is 24.5. The zero-order chi connectivity index (χ0) is 26.3. The summed E-state index contributed by atoms with van der Waals surface area (Å²) in [6.45, 7) is 11.9. The number of aliphatic hydroxyl groups excluding tert-OH is 1. The average Bonchev–Trinajstić information content (AvgIpc) is 3.54. The highest BCUT2D eigenvalue weighted by atomic mass is 79.9. The number of hydrogen-bond donors (Lipinski definition) is 1. The number of allylic oxidation sites excluding steroid dienone is 1. The minimum Gasteiger partial charge on any atom is -0.463 e. The lowest BCUT2D eigenvalue weighted by Gasteiger charge is -2.61. The number of Topliss-reactive ketones (excluding diaryl/α,β-unsaturated/α-hetero) is 1. The number of hydrogen-bond acceptors (Lipinski definition) is 4. The van der Waals surface area contributed by atoms with Gasteiger partial charge in [0, 0.05) is 11.8 Å². The molecule has 3 fully saturated rings. The number of carbonyl (C=O) groups is 1. The van der Waals surface area contributed by atoms with E-state index in [0.29, 0.717) is 41.8 Å². The van der Waals surface area contributed by atoms with Crippen molar-refractivity contribution in [1.82, 2.24) is 9.78 Å². The molecule has 37 heavy (non-hydrogen) atoms. The number of nitrogens with zero attached hydrogens (tertiary/aromatic N) is 2. The van der Waals surface area contributed by atoms with Crippen LogP contribution in [-0.4, -0.2) is 26.8 Å². The molecular weight excluding hydrogens is 528 g/mol. The number of carbonyl (C=O) groups excluding carboxylic acids is 1. The molecule has 0 bridgehead atoms. The van der Waals surface area contributed by atoms with Crippen LogP contribution in [0.4, 0.5) is 0 Å². The minimum absolute atomic E-state index is 0.0741. The molecule has 0 unspecified atom stereocenters. The molecule has 0 aliphatic heterocycles. The van der Waals surface area contributed by atoms with Crippen molar-refractivity contribution in [2.75, 3.05) is 0 Å². The molecule has 3 saturated carbocycles. The predicted octanol–water partition coefficient (Wildman–Crippen LogP) is 6.80. The smallest absolute Gasteiger partial charge is 0.139 e. The van der Waals surface area contributed by atoms with Gasteiger partial charge in [0.2, 0.25) is 0 Å². The van der Waals surface area contributed by atoms with Crippen molar-refractivity contribution < 1.29 is 14.3 Å². The summed E-state index contributed by atoms with van der Waals surface area (Å²) in [5.41, 5.74) is 3.36. The standard InChI is InChI=1S/C31H41BrN2O3/c1-6-27(36)31(5)18(2)11-24-23-10-7-20-12-25-19(13-29(20,3)28(23)26(35)14-30(24,31)4)16-33-34(25)17-22-9-8-21(15-32)37-22/h8-9,12,16,18,23-24,26,28,35H,6-7,10-11,13-15,17H2,1-5H3/t18-,23+,24+,26+,28-,29+,30+,31-/m1/s1. The Balaban J connectivity index is 1.33. The Morgan fingerprint density at radius 2 is 2.03 bits per heavy atom. The molecular formula is C31H41BrN2O3. The molecule has 0 radical (unpaired) electrons. The second kappa shape index (κ2) is 8.67. The molecule has 4 aliphatic carbocycles. The van der Waals surface area contributed by atoms with Crippen LogP contribution < -0.4 is 0 Å². The summed E-state index contributed by atoms with van der Waals surface area (Å²) in [5.74, 6) is 3.74. The van der Waals surface area contributed by atoms with Crippen LogP contribution in [0.3, 0.4) is 0 Å². The van der Waals surface area contributed by atoms with Crippen LogP contribution in [0, 0.1) is 39.9 Å². The number of aromatic nitrogens is 2. The largest absolute Gasteiger partial charge is 0.463 e. The van der Waals surface area contributed by atoms with Gasteiger partial charge < -0.3 is 9.52 Å². The highest BCUT2D eigenvalue weighted by molar-refractivity contribution is 9.08. The summed E-state index contributed by atoms with van der Waals surface area (Å²) in [4.78, 5) is 13.3. The van der Waals surface area contributed by atoms with Crippen LogP contribution >= 0.6 is 15.9 Å². The number of aliphatic hydroxyl groups is 1. The quantitative estimate of drug-likeness (QED) is 0.402. The number of halogens is 1. The van der Waals surface area contributed by atoms with E-state index in [-0.39, 0.29) is 22.2 Å². The fourth-order valence-electron chi connectivity index (χ4n) is 9.61. The third kappa shape index (κ3) is 3.43. The van der Waals surface area contributed by atoms with E-state index in [9.17, 15) is 9.90 Å². The second-order valence-corrected chi connectivity index (χ2v) is 13.7. The summed E-state index contributed by atoms with van der Waals surface area (Å²) < 4.78 is 7.99. The van der Waals surface area contributed by atoms with Gasteiger partial charge in [0.1, 0.15) is 17.3 Å². The Morgan fingerprint density at radius 1 is 1.27 bits per heavy atom. The number of fused-ring (bicyclic) bond motifs is 6. The van der Waals surface area contributed by atoms with Crippen LogP contribution in [0.15, 0.2) is 28.3 Å². The van der Waals surface area contributed by atoms with Crippen molar-refractivity contribution in [3.8, 4) is 0 Å². The monoisotopic (exact) mass is 568 g/mol. The molecule has 5 nitrogen and oxygen atoms in total. The molecule has 6 heteroatoms. The van der Waals surface area contributed by atoms with E-state index < -0.39 is 6.10 Å². The molecule has 200 valence electrons. The van der Waals surface area contributed by atoms with Gasteiger partial charge in [-0.3, -0.25) is 9.48 Å². The van der Waals surface area contributed by atoms with Crippen molar-refractivity contribution >= 4 is 27.8 Å². The van der Waals surface area contributed by atoms with Crippen molar-refractivity contribution in [2.24, 2.45) is 39.9 Å². The Labute approximate surface area is 229 Å². The topological polar surface area (TPSA) is 68.3 Å². The van der Waals surface area contributed by atoms with Crippen molar-refractivity contribution in [2.45, 2.75) is 91.1 Å². The van der Waals surface area contributed by atoms with Crippen LogP contribution in [0.5, 0.6) is 0 Å². The third-order valence-corrected chi connectivity index (χ3v) is 12.3. The van der Waals surface area contributed by atoms with Crippen molar-refractivity contribution in [3.05, 3.63) is 46.7 Å². The van der Waals surface area contributed by atoms with E-state index in [1.54, 1.807) is 0 Å². The highest BCUT2D eigenvalue weighted by Crippen LogP contribution is 2.71. The number of ketones is 1. The molecule has 8 atom stereocenters. The maximum Gasteiger partial charge on any atom is 0.139 e. The molecule has 2 heterocycles. The Bertz CT molecular complexity index is 1260. The minimum atomic E-state index is -0.392. The Hall–Kier alpha value is -1.66. The summed E-state index contributed by atoms with van der Waals surface area (Å²) >= 11 is 3.46. The van der Waals surface area contributed by atoms with Gasteiger partial charge in [-0.05, 0) is 90.4 Å². The molecule has 2 aromatic rings. The van der Waals surface area contributed by atoms with Gasteiger partial charge in [0.15, 0.2) is 0 Å². The van der Waals surface area contributed by atoms with E-state index in [0.717, 1.165) is 43.6 Å². The molecule has 2 aromatic heterocycles. The van der Waals surface area contributed by atoms with E-state index in [1.165, 1.54) is 16.8 Å². The molecule has 0 spiro atoms. The lowest BCUT2D eigenvalue weighted by Crippen LogP contribution is -2.59. The maximum atomic E-state index is 13.3. The maximum absolute atomic E-state index is 13.3. The lowest BCUT2D eigenvalue weighted by atomic mass is 9.44. The molecule has 0 saturated heterocycles. The SMILES string of the molecule is CCC(=O)[C@@]1(C)[C@H](C)C[C@H]2[C@@H]3CCC4=Cc5c(cnn5Cc5ccc(CBr)o5)C[C@]4(C)[C@H]3[C@@H](O)C[C@@]21C. The lowest BCUT2D eigenvalue weighted by molar-refractivity contribution is -0.158. The molecule has 6 rings (SSSR count). The second-order valence-electron chi connectivity index (χ2n) is 13.1. The van der Waals surface area contributed by atoms with Crippen molar-refractivity contribution in [3.63, 3.8) is 0 Å². The number of furan rings is 1. The molecule has 0 amide bonds. The van der Waals surface area contributed by atoms with Gasteiger partial charge >= 0.3 is 0 Å². The summed E-state index contributed by atoms with van der Waals surface area (Å²) in [6, 6.07) is 4.04. The van der Waals surface area contributed by atoms with Crippen LogP contribution in [0.1, 0.15) is 89.5 Å². The predicted molar refractivity (Wildman–Crippen MR) is 148 cm³/mol. The molecule has 1 N–H and O–H groups in total. The van der Waals surface area contributed by atoms with E-state index in [4.69, 9.17) is 9.52 Å². The fourth-order valence-corrected chi connectivity index (χ4v) is 9.91. The molecule has 4 aliphatic rings. The van der Waals surface area contributed by atoms with Crippen LogP contribution in [0.2, 0.25) is 0 Å². The van der Waals surface area contributed by atoms with Crippen LogP contribution in [-0.2, 0) is 23.1 Å². The van der Waals surface area contributed by atoms with Crippen LogP contribution in [0.25, 0.3) is 6.08 Å². The first-order chi connectivity index (χ1) is 17.6. The summed E-state index contributed by atoms with van der Waals surface area (Å²) in [7, 11) is 0. The first-order valence-electron chi connectivity index (χ1n) is 14.2. The first kappa shape index (κ1) is 25.6. The highest BCUT2D eigenvalue weighted by Gasteiger charge is 2.68. The summed E-state index contributed by atoms with van der Waals surface area (Å²) in [5, 5.41) is 17.4. The van der Waals surface area contributed by atoms with Gasteiger partial charge in [-0.1, -0.05) is 56.1 Å². The van der Waals surface area contributed by atoms with Gasteiger partial charge in [-0.2, -0.15) is 5.10 Å².